The first kappa shape index (κ1) is 11.4. The first-order valence-electron chi connectivity index (χ1n) is 4.22. The van der Waals surface area contributed by atoms with Crippen molar-refractivity contribution in [2.24, 2.45) is 5.92 Å². The molecule has 0 aromatic heterocycles. The Bertz CT molecular complexity index is 161. The van der Waals surface area contributed by atoms with Gasteiger partial charge in [0.25, 0.3) is 0 Å². The zero-order chi connectivity index (χ0) is 9.56. The van der Waals surface area contributed by atoms with E-state index in [-0.39, 0.29) is 6.42 Å². The van der Waals surface area contributed by atoms with Crippen molar-refractivity contribution in [2.45, 2.75) is 32.8 Å². The van der Waals surface area contributed by atoms with E-state index < -0.39 is 11.9 Å². The van der Waals surface area contributed by atoms with Crippen molar-refractivity contribution in [3.63, 3.8) is 0 Å². The Morgan fingerprint density at radius 2 is 2.08 bits per heavy atom. The maximum Gasteiger partial charge on any atom is 0.125 e. The number of hydrogen-bond donors (Lipinski definition) is 1. The molecule has 0 amide bonds. The van der Waals surface area contributed by atoms with Gasteiger partial charge in [0.1, 0.15) is 11.9 Å². The number of hydrogen-bond acceptors (Lipinski definition) is 1. The van der Waals surface area contributed by atoms with Crippen LogP contribution in [0.5, 0.6) is 0 Å². The summed E-state index contributed by atoms with van der Waals surface area (Å²) in [4.78, 5) is 0. The summed E-state index contributed by atoms with van der Waals surface area (Å²) in [5.74, 6) is -0.0183. The highest BCUT2D eigenvalue weighted by atomic mass is 19.1. The fourth-order valence-electron chi connectivity index (χ4n) is 0.755. The molecule has 0 aromatic rings. The van der Waals surface area contributed by atoms with Gasteiger partial charge in [-0.3, -0.25) is 0 Å². The smallest absolute Gasteiger partial charge is 0.125 e. The van der Waals surface area contributed by atoms with Gasteiger partial charge in [0.15, 0.2) is 0 Å². The summed E-state index contributed by atoms with van der Waals surface area (Å²) in [7, 11) is 0. The van der Waals surface area contributed by atoms with Crippen LogP contribution in [-0.2, 0) is 0 Å². The molecule has 0 bridgehead atoms. The molecular weight excluding hydrogens is 155 g/mol. The summed E-state index contributed by atoms with van der Waals surface area (Å²) in [6, 6.07) is 0. The minimum Gasteiger partial charge on any atom is -0.386 e. The molecule has 1 atom stereocenters. The molecule has 0 fully saturated rings. The van der Waals surface area contributed by atoms with Crippen molar-refractivity contribution >= 4 is 0 Å². The third-order valence-corrected chi connectivity index (χ3v) is 1.49. The molecule has 0 heterocycles. The standard InChI is InChI=1S/C10H17FO/c1-4-5-10(12)9(11)7-6-8(2)3/h4,7-8,10,12H,1,5-6H2,2-3H3/b9-7+. The van der Waals surface area contributed by atoms with Crippen LogP contribution in [0.2, 0.25) is 0 Å². The fraction of sp³-hybridized carbons (Fsp3) is 0.600. The number of aliphatic hydroxyl groups is 1. The maximum atomic E-state index is 12.9. The molecule has 0 aliphatic heterocycles. The van der Waals surface area contributed by atoms with Crippen molar-refractivity contribution in [1.82, 2.24) is 0 Å². The molecule has 12 heavy (non-hydrogen) atoms. The Morgan fingerprint density at radius 1 is 1.50 bits per heavy atom. The normalized spacial score (nSPS) is 14.9. The minimum absolute atomic E-state index is 0.278. The van der Waals surface area contributed by atoms with E-state index in [0.29, 0.717) is 12.3 Å². The van der Waals surface area contributed by atoms with Gasteiger partial charge < -0.3 is 5.11 Å². The minimum atomic E-state index is -0.999. The van der Waals surface area contributed by atoms with Gasteiger partial charge >= 0.3 is 0 Å². The average Bonchev–Trinajstić information content (AvgIpc) is 2.00. The van der Waals surface area contributed by atoms with Crippen LogP contribution in [0.3, 0.4) is 0 Å². The quantitative estimate of drug-likeness (QED) is 0.632. The SMILES string of the molecule is C=CCC(O)/C(F)=C\CC(C)C. The van der Waals surface area contributed by atoms with E-state index in [2.05, 4.69) is 6.58 Å². The van der Waals surface area contributed by atoms with Gasteiger partial charge in [0, 0.05) is 0 Å². The molecule has 0 rings (SSSR count). The van der Waals surface area contributed by atoms with Crippen LogP contribution < -0.4 is 0 Å². The Morgan fingerprint density at radius 3 is 2.50 bits per heavy atom. The van der Waals surface area contributed by atoms with Gasteiger partial charge in [-0.1, -0.05) is 19.9 Å². The highest BCUT2D eigenvalue weighted by molar-refractivity contribution is 5.00. The molecular formula is C10H17FO. The lowest BCUT2D eigenvalue weighted by Crippen LogP contribution is -2.05. The Kier molecular flexibility index (Phi) is 5.64. The fourth-order valence-corrected chi connectivity index (χ4v) is 0.755. The van der Waals surface area contributed by atoms with E-state index in [1.165, 1.54) is 12.2 Å². The largest absolute Gasteiger partial charge is 0.386 e. The van der Waals surface area contributed by atoms with Crippen LogP contribution in [-0.4, -0.2) is 11.2 Å². The van der Waals surface area contributed by atoms with Crippen LogP contribution in [0.1, 0.15) is 26.7 Å². The number of halogens is 1. The molecule has 0 saturated heterocycles. The molecule has 0 aliphatic rings. The molecule has 0 spiro atoms. The van der Waals surface area contributed by atoms with E-state index in [9.17, 15) is 4.39 Å². The lowest BCUT2D eigenvalue weighted by Gasteiger charge is -2.05. The van der Waals surface area contributed by atoms with Crippen LogP contribution in [0.15, 0.2) is 24.6 Å². The van der Waals surface area contributed by atoms with Gasteiger partial charge in [-0.2, -0.15) is 0 Å². The first-order valence-corrected chi connectivity index (χ1v) is 4.22. The molecule has 70 valence electrons. The lowest BCUT2D eigenvalue weighted by molar-refractivity contribution is 0.185. The zero-order valence-electron chi connectivity index (χ0n) is 7.76. The van der Waals surface area contributed by atoms with Crippen LogP contribution >= 0.6 is 0 Å². The van der Waals surface area contributed by atoms with Crippen LogP contribution in [0.4, 0.5) is 4.39 Å². The van der Waals surface area contributed by atoms with Gasteiger partial charge in [0.2, 0.25) is 0 Å². The van der Waals surface area contributed by atoms with Gasteiger partial charge in [-0.15, -0.1) is 6.58 Å². The summed E-state index contributed by atoms with van der Waals surface area (Å²) < 4.78 is 12.9. The second-order valence-electron chi connectivity index (χ2n) is 3.26. The molecule has 0 aliphatic carbocycles. The molecule has 0 aromatic carbocycles. The Balaban J connectivity index is 3.89. The van der Waals surface area contributed by atoms with Crippen molar-refractivity contribution < 1.29 is 9.50 Å². The van der Waals surface area contributed by atoms with Crippen molar-refractivity contribution in [3.8, 4) is 0 Å². The summed E-state index contributed by atoms with van der Waals surface area (Å²) in [6.07, 6.45) is 2.90. The molecule has 0 radical (unpaired) electrons. The molecule has 0 saturated carbocycles. The van der Waals surface area contributed by atoms with Crippen molar-refractivity contribution in [1.29, 1.82) is 0 Å². The van der Waals surface area contributed by atoms with Crippen molar-refractivity contribution in [2.75, 3.05) is 0 Å². The molecule has 1 nitrogen and oxygen atoms in total. The van der Waals surface area contributed by atoms with Crippen molar-refractivity contribution in [3.05, 3.63) is 24.6 Å². The zero-order valence-corrected chi connectivity index (χ0v) is 7.76. The summed E-state index contributed by atoms with van der Waals surface area (Å²) >= 11 is 0. The molecule has 1 N–H and O–H groups in total. The number of rotatable bonds is 5. The summed E-state index contributed by atoms with van der Waals surface area (Å²) in [5.41, 5.74) is 0. The molecule has 1 unspecified atom stereocenters. The summed E-state index contributed by atoms with van der Waals surface area (Å²) in [5, 5.41) is 9.12. The maximum absolute atomic E-state index is 12.9. The van der Waals surface area contributed by atoms with E-state index in [0.717, 1.165) is 0 Å². The lowest BCUT2D eigenvalue weighted by atomic mass is 10.1. The van der Waals surface area contributed by atoms with E-state index in [4.69, 9.17) is 5.11 Å². The topological polar surface area (TPSA) is 20.2 Å². The third kappa shape index (κ3) is 5.08. The first-order chi connectivity index (χ1) is 5.57. The van der Waals surface area contributed by atoms with Crippen LogP contribution in [0, 0.1) is 5.92 Å². The highest BCUT2D eigenvalue weighted by Gasteiger charge is 2.07. The van der Waals surface area contributed by atoms with Gasteiger partial charge in [0.05, 0.1) is 0 Å². The second kappa shape index (κ2) is 5.95. The van der Waals surface area contributed by atoms with Crippen LogP contribution in [0.25, 0.3) is 0 Å². The monoisotopic (exact) mass is 172 g/mol. The Labute approximate surface area is 73.6 Å². The predicted molar refractivity (Wildman–Crippen MR) is 49.5 cm³/mol. The third-order valence-electron chi connectivity index (χ3n) is 1.49. The number of aliphatic hydroxyl groups excluding tert-OH is 1. The molecule has 2 heteroatoms. The van der Waals surface area contributed by atoms with E-state index in [1.807, 2.05) is 13.8 Å². The Hall–Kier alpha value is -0.630. The second-order valence-corrected chi connectivity index (χ2v) is 3.26. The number of allylic oxidation sites excluding steroid dienone is 1. The average molecular weight is 172 g/mol. The van der Waals surface area contributed by atoms with Gasteiger partial charge in [-0.25, -0.2) is 4.39 Å². The highest BCUT2D eigenvalue weighted by Crippen LogP contribution is 2.11. The van der Waals surface area contributed by atoms with E-state index in [1.54, 1.807) is 0 Å². The summed E-state index contributed by atoms with van der Waals surface area (Å²) in [6.45, 7) is 7.43. The van der Waals surface area contributed by atoms with E-state index >= 15 is 0 Å². The van der Waals surface area contributed by atoms with Gasteiger partial charge in [-0.05, 0) is 24.8 Å². The predicted octanol–water partition coefficient (Wildman–Crippen LogP) is 2.82.